The van der Waals surface area contributed by atoms with Crippen LogP contribution in [-0.2, 0) is 24.8 Å². The zero-order chi connectivity index (χ0) is 20.7. The van der Waals surface area contributed by atoms with E-state index in [0.717, 1.165) is 55.5 Å². The van der Waals surface area contributed by atoms with Crippen LogP contribution in [0.2, 0.25) is 0 Å². The number of benzene rings is 1. The van der Waals surface area contributed by atoms with Crippen LogP contribution < -0.4 is 10.6 Å². The van der Waals surface area contributed by atoms with Gasteiger partial charge >= 0.3 is 0 Å². The fourth-order valence-corrected chi connectivity index (χ4v) is 3.72. The third-order valence-electron chi connectivity index (χ3n) is 5.58. The Bertz CT molecular complexity index is 826. The highest BCUT2D eigenvalue weighted by atomic mass is 19.1. The molecule has 3 rings (SSSR count). The summed E-state index contributed by atoms with van der Waals surface area (Å²) in [5, 5.41) is 15.5. The van der Waals surface area contributed by atoms with Crippen molar-refractivity contribution in [2.45, 2.75) is 64.3 Å². The SMILES string of the molecule is CN=C(NCCCc1nnc2n1CCCCC2)NCC(C)(C)c1cccc(F)c1. The first kappa shape index (κ1) is 21.3. The molecule has 2 aromatic rings. The fraction of sp³-hybridized carbons (Fsp3) is 0.591. The summed E-state index contributed by atoms with van der Waals surface area (Å²) in [5.74, 6) is 2.79. The monoisotopic (exact) mass is 400 g/mol. The topological polar surface area (TPSA) is 67.1 Å². The second kappa shape index (κ2) is 9.85. The Morgan fingerprint density at radius 2 is 2.07 bits per heavy atom. The van der Waals surface area contributed by atoms with E-state index in [4.69, 9.17) is 0 Å². The third kappa shape index (κ3) is 5.78. The lowest BCUT2D eigenvalue weighted by Gasteiger charge is -2.26. The summed E-state index contributed by atoms with van der Waals surface area (Å²) < 4.78 is 15.9. The van der Waals surface area contributed by atoms with Crippen LogP contribution in [0.4, 0.5) is 4.39 Å². The summed E-state index contributed by atoms with van der Waals surface area (Å²) >= 11 is 0. The van der Waals surface area contributed by atoms with Crippen LogP contribution in [0.5, 0.6) is 0 Å². The van der Waals surface area contributed by atoms with Crippen molar-refractivity contribution in [2.75, 3.05) is 20.1 Å². The number of nitrogens with one attached hydrogen (secondary N) is 2. The van der Waals surface area contributed by atoms with Crippen molar-refractivity contribution < 1.29 is 4.39 Å². The first-order valence-electron chi connectivity index (χ1n) is 10.6. The summed E-state index contributed by atoms with van der Waals surface area (Å²) in [4.78, 5) is 4.31. The van der Waals surface area contributed by atoms with Gasteiger partial charge in [0.2, 0.25) is 0 Å². The maximum atomic E-state index is 13.5. The minimum absolute atomic E-state index is 0.204. The van der Waals surface area contributed by atoms with Gasteiger partial charge in [0.05, 0.1) is 0 Å². The smallest absolute Gasteiger partial charge is 0.191 e. The van der Waals surface area contributed by atoms with Crippen LogP contribution in [0.1, 0.15) is 56.7 Å². The predicted octanol–water partition coefficient (Wildman–Crippen LogP) is 3.22. The molecule has 1 aliphatic heterocycles. The van der Waals surface area contributed by atoms with Gasteiger partial charge in [-0.25, -0.2) is 4.39 Å². The number of rotatable bonds is 7. The molecule has 158 valence electrons. The quantitative estimate of drug-likeness (QED) is 0.425. The second-order valence-corrected chi connectivity index (χ2v) is 8.35. The van der Waals surface area contributed by atoms with E-state index >= 15 is 0 Å². The molecule has 0 amide bonds. The van der Waals surface area contributed by atoms with Crippen molar-refractivity contribution >= 4 is 5.96 Å². The molecule has 2 heterocycles. The van der Waals surface area contributed by atoms with Crippen molar-refractivity contribution in [1.82, 2.24) is 25.4 Å². The maximum Gasteiger partial charge on any atom is 0.191 e. The van der Waals surface area contributed by atoms with Crippen molar-refractivity contribution in [3.63, 3.8) is 0 Å². The van der Waals surface area contributed by atoms with Crippen molar-refractivity contribution in [3.05, 3.63) is 47.3 Å². The molecular formula is C22H33FN6. The van der Waals surface area contributed by atoms with E-state index in [1.54, 1.807) is 19.2 Å². The third-order valence-corrected chi connectivity index (χ3v) is 5.58. The molecule has 1 aliphatic rings. The Labute approximate surface area is 173 Å². The highest BCUT2D eigenvalue weighted by Crippen LogP contribution is 2.22. The average Bonchev–Trinajstić information content (AvgIpc) is 2.93. The molecule has 0 spiro atoms. The van der Waals surface area contributed by atoms with E-state index < -0.39 is 0 Å². The van der Waals surface area contributed by atoms with E-state index in [1.165, 1.54) is 25.3 Å². The first-order chi connectivity index (χ1) is 14.0. The van der Waals surface area contributed by atoms with Crippen molar-refractivity contribution in [3.8, 4) is 0 Å². The molecule has 6 nitrogen and oxygen atoms in total. The number of aliphatic imine (C=N–C) groups is 1. The van der Waals surface area contributed by atoms with Gasteiger partial charge in [0.25, 0.3) is 0 Å². The number of aromatic nitrogens is 3. The lowest BCUT2D eigenvalue weighted by molar-refractivity contribution is 0.502. The molecule has 0 radical (unpaired) electrons. The largest absolute Gasteiger partial charge is 0.356 e. The molecule has 0 atom stereocenters. The van der Waals surface area contributed by atoms with Crippen LogP contribution >= 0.6 is 0 Å². The van der Waals surface area contributed by atoms with E-state index in [2.05, 4.69) is 44.2 Å². The lowest BCUT2D eigenvalue weighted by atomic mass is 9.84. The Morgan fingerprint density at radius 3 is 2.86 bits per heavy atom. The molecule has 0 fully saturated rings. The summed E-state index contributed by atoms with van der Waals surface area (Å²) in [6.07, 6.45) is 6.63. The molecule has 0 bridgehead atoms. The molecule has 29 heavy (non-hydrogen) atoms. The summed E-state index contributed by atoms with van der Waals surface area (Å²) in [6.45, 7) is 6.71. The Balaban J connectivity index is 1.45. The Kier molecular flexibility index (Phi) is 7.23. The van der Waals surface area contributed by atoms with E-state index in [0.29, 0.717) is 6.54 Å². The van der Waals surface area contributed by atoms with Crippen molar-refractivity contribution in [2.24, 2.45) is 4.99 Å². The van der Waals surface area contributed by atoms with E-state index in [1.807, 2.05) is 6.07 Å². The summed E-state index contributed by atoms with van der Waals surface area (Å²) in [6, 6.07) is 6.79. The van der Waals surface area contributed by atoms with Gasteiger partial charge < -0.3 is 15.2 Å². The number of fused-ring (bicyclic) bond motifs is 1. The summed E-state index contributed by atoms with van der Waals surface area (Å²) in [5.41, 5.74) is 0.756. The maximum absolute atomic E-state index is 13.5. The molecule has 0 unspecified atom stereocenters. The zero-order valence-corrected chi connectivity index (χ0v) is 17.8. The van der Waals surface area contributed by atoms with Crippen molar-refractivity contribution in [1.29, 1.82) is 0 Å². The molecule has 1 aromatic carbocycles. The standard InChI is InChI=1S/C22H33FN6/c1-22(2,17-9-7-10-18(23)15-17)16-26-21(24-3)25-13-8-12-20-28-27-19-11-5-4-6-14-29(19)20/h7,9-10,15H,4-6,8,11-14,16H2,1-3H3,(H2,24,25,26). The molecule has 0 saturated heterocycles. The molecule has 7 heteroatoms. The molecule has 1 aromatic heterocycles. The van der Waals surface area contributed by atoms with Crippen LogP contribution in [0.25, 0.3) is 0 Å². The van der Waals surface area contributed by atoms with Gasteiger partial charge in [0.1, 0.15) is 17.5 Å². The minimum atomic E-state index is -0.210. The molecule has 0 saturated carbocycles. The van der Waals surface area contributed by atoms with E-state index in [-0.39, 0.29) is 11.2 Å². The Morgan fingerprint density at radius 1 is 1.21 bits per heavy atom. The summed E-state index contributed by atoms with van der Waals surface area (Å²) in [7, 11) is 1.77. The van der Waals surface area contributed by atoms with E-state index in [9.17, 15) is 4.39 Å². The number of halogens is 1. The molecule has 0 aliphatic carbocycles. The highest BCUT2D eigenvalue weighted by Gasteiger charge is 2.21. The molecular weight excluding hydrogens is 367 g/mol. The lowest BCUT2D eigenvalue weighted by Crippen LogP contribution is -2.43. The zero-order valence-electron chi connectivity index (χ0n) is 17.8. The average molecular weight is 401 g/mol. The second-order valence-electron chi connectivity index (χ2n) is 8.35. The normalized spacial score (nSPS) is 15.0. The Hall–Kier alpha value is -2.44. The highest BCUT2D eigenvalue weighted by molar-refractivity contribution is 5.79. The first-order valence-corrected chi connectivity index (χ1v) is 10.6. The van der Waals surface area contributed by atoms with Crippen LogP contribution in [0.15, 0.2) is 29.3 Å². The van der Waals surface area contributed by atoms with Gasteiger partial charge in [0.15, 0.2) is 5.96 Å². The van der Waals surface area contributed by atoms with Gasteiger partial charge in [-0.2, -0.15) is 0 Å². The number of hydrogen-bond donors (Lipinski definition) is 2. The van der Waals surface area contributed by atoms with Crippen LogP contribution in [0, 0.1) is 5.82 Å². The van der Waals surface area contributed by atoms with Crippen LogP contribution in [-0.4, -0.2) is 40.9 Å². The molecule has 2 N–H and O–H groups in total. The van der Waals surface area contributed by atoms with Gasteiger partial charge in [-0.3, -0.25) is 4.99 Å². The van der Waals surface area contributed by atoms with Gasteiger partial charge in [-0.15, -0.1) is 10.2 Å². The van der Waals surface area contributed by atoms with Gasteiger partial charge in [0, 0.05) is 44.9 Å². The van der Waals surface area contributed by atoms with Gasteiger partial charge in [-0.05, 0) is 37.0 Å². The number of guanidine groups is 1. The number of aryl methyl sites for hydroxylation is 2. The fourth-order valence-electron chi connectivity index (χ4n) is 3.72. The predicted molar refractivity (Wildman–Crippen MR) is 115 cm³/mol. The number of hydrogen-bond acceptors (Lipinski definition) is 3. The van der Waals surface area contributed by atoms with Crippen LogP contribution in [0.3, 0.4) is 0 Å². The minimum Gasteiger partial charge on any atom is -0.356 e. The number of nitrogens with zero attached hydrogens (tertiary/aromatic N) is 4. The van der Waals surface area contributed by atoms with Gasteiger partial charge in [-0.1, -0.05) is 32.4 Å².